The number of nitrogens with two attached hydrogens (primary N) is 1. The van der Waals surface area contributed by atoms with Crippen LogP contribution in [-0.2, 0) is 33.0 Å². The topological polar surface area (TPSA) is 203 Å². The van der Waals surface area contributed by atoms with Gasteiger partial charge in [-0.25, -0.2) is 54.3 Å². The minimum atomic E-state index is -3.68. The third-order valence-corrected chi connectivity index (χ3v) is 14.1. The van der Waals surface area contributed by atoms with E-state index in [1.807, 2.05) is 36.4 Å². The number of aromatic nitrogens is 4. The molecule has 2 aliphatic rings. The number of carboxylic acid groups (broad SMARTS) is 1. The molecule has 3 N–H and O–H groups in total. The molecule has 0 saturated heterocycles. The maximum absolute atomic E-state index is 14.7. The number of sulfonamides is 1. The maximum Gasteiger partial charge on any atom is 0.353 e. The fourth-order valence-corrected chi connectivity index (χ4v) is 10.2. The van der Waals surface area contributed by atoms with E-state index < -0.39 is 60.6 Å². The number of sulfone groups is 1. The average Bonchev–Trinajstić information content (AvgIpc) is 4.21. The Kier molecular flexibility index (Phi) is 15.4. The maximum atomic E-state index is 14.7. The van der Waals surface area contributed by atoms with Crippen LogP contribution in [0, 0.1) is 35.1 Å². The van der Waals surface area contributed by atoms with Crippen molar-refractivity contribution < 1.29 is 58.6 Å². The Balaban J connectivity index is 0.000000184. The second-order valence-corrected chi connectivity index (χ2v) is 22.8. The lowest BCUT2D eigenvalue weighted by Gasteiger charge is -2.13. The Morgan fingerprint density at radius 1 is 0.653 bits per heavy atom. The molecule has 75 heavy (non-hydrogen) atoms. The smallest absolute Gasteiger partial charge is 0.353 e. The van der Waals surface area contributed by atoms with Gasteiger partial charge in [-0.2, -0.15) is 0 Å². The Hall–Kier alpha value is -7.42. The van der Waals surface area contributed by atoms with Gasteiger partial charge >= 0.3 is 5.97 Å². The van der Waals surface area contributed by atoms with Crippen molar-refractivity contribution in [1.29, 1.82) is 0 Å². The minimum absolute atomic E-state index is 0.000945. The molecular weight excluding hydrogens is 1010 g/mol. The van der Waals surface area contributed by atoms with Crippen molar-refractivity contribution in [3.63, 3.8) is 0 Å². The van der Waals surface area contributed by atoms with Gasteiger partial charge in [0.05, 0.1) is 39.3 Å². The molecule has 0 radical (unpaired) electrons. The van der Waals surface area contributed by atoms with Gasteiger partial charge in [-0.1, -0.05) is 38.1 Å². The van der Waals surface area contributed by atoms with E-state index in [0.29, 0.717) is 68.2 Å². The van der Waals surface area contributed by atoms with E-state index in [-0.39, 0.29) is 41.5 Å². The van der Waals surface area contributed by atoms with E-state index in [4.69, 9.17) is 9.47 Å². The lowest BCUT2D eigenvalue weighted by Crippen LogP contribution is -2.20. The molecule has 8 aromatic rings. The first-order chi connectivity index (χ1) is 35.5. The molecule has 4 heterocycles. The summed E-state index contributed by atoms with van der Waals surface area (Å²) in [6.07, 6.45) is 7.21. The van der Waals surface area contributed by atoms with E-state index in [2.05, 4.69) is 29.0 Å². The van der Waals surface area contributed by atoms with Crippen LogP contribution >= 0.6 is 0 Å². The van der Waals surface area contributed by atoms with Crippen LogP contribution in [0.5, 0.6) is 11.8 Å². The summed E-state index contributed by atoms with van der Waals surface area (Å²) >= 11 is 0. The summed E-state index contributed by atoms with van der Waals surface area (Å²) < 4.78 is 114. The van der Waals surface area contributed by atoms with Crippen LogP contribution < -0.4 is 14.6 Å². The SMILES string of the molecule is COc1ncccc1-c1c(C(=O)CS(C)(=O)=O)n(Cc2ccc(F)cc2F)c2ccc([C@H]3C[C@H]3C)cc12.COc1ncccc1-c1c(C(=O)O)n(Cc2ccc(F)cc2F)c2ccc([C@H]3C[C@H]3C)cc12.CS(N)(=O)=O. The van der Waals surface area contributed by atoms with Gasteiger partial charge in [0, 0.05) is 86.0 Å². The van der Waals surface area contributed by atoms with Crippen LogP contribution in [0.1, 0.15) is 81.8 Å². The minimum Gasteiger partial charge on any atom is -0.481 e. The zero-order valence-corrected chi connectivity index (χ0v) is 43.3. The molecule has 0 amide bonds. The van der Waals surface area contributed by atoms with Gasteiger partial charge in [-0.15, -0.1) is 0 Å². The molecule has 2 aliphatic carbocycles. The highest BCUT2D eigenvalue weighted by Gasteiger charge is 2.37. The molecule has 392 valence electrons. The fraction of sp³-hybridized carbons (Fsp3) is 0.273. The van der Waals surface area contributed by atoms with Crippen LogP contribution in [0.4, 0.5) is 17.6 Å². The molecule has 14 nitrogen and oxygen atoms in total. The molecule has 4 aromatic heterocycles. The van der Waals surface area contributed by atoms with Crippen LogP contribution in [0.15, 0.2) is 109 Å². The molecule has 2 fully saturated rings. The van der Waals surface area contributed by atoms with Crippen molar-refractivity contribution in [3.8, 4) is 34.0 Å². The number of halogens is 4. The number of carbonyl (C=O) groups is 2. The molecule has 0 bridgehead atoms. The van der Waals surface area contributed by atoms with E-state index in [9.17, 15) is 49.1 Å². The van der Waals surface area contributed by atoms with Crippen LogP contribution in [0.3, 0.4) is 0 Å². The first-order valence-electron chi connectivity index (χ1n) is 23.6. The number of carbonyl (C=O) groups excluding carboxylic acids is 1. The zero-order chi connectivity index (χ0) is 54.3. The number of ketones is 1. The largest absolute Gasteiger partial charge is 0.481 e. The normalized spacial score (nSPS) is 16.9. The Labute approximate surface area is 430 Å². The number of rotatable bonds is 14. The number of hydrogen-bond acceptors (Lipinski definition) is 10. The van der Waals surface area contributed by atoms with Crippen molar-refractivity contribution in [3.05, 3.63) is 166 Å². The molecule has 0 aliphatic heterocycles. The second kappa shape index (κ2) is 21.4. The van der Waals surface area contributed by atoms with Crippen molar-refractivity contribution >= 4 is 53.4 Å². The number of carboxylic acids is 1. The third kappa shape index (κ3) is 12.1. The van der Waals surface area contributed by atoms with Gasteiger partial charge < -0.3 is 23.7 Å². The number of ether oxygens (including phenoxy) is 2. The predicted octanol–water partition coefficient (Wildman–Crippen LogP) is 10.2. The Morgan fingerprint density at radius 2 is 1.05 bits per heavy atom. The molecule has 2 saturated carbocycles. The van der Waals surface area contributed by atoms with E-state index in [1.54, 1.807) is 45.8 Å². The highest BCUT2D eigenvalue weighted by molar-refractivity contribution is 7.91. The average molecular weight is 1070 g/mol. The number of benzene rings is 4. The molecule has 4 atom stereocenters. The number of fused-ring (bicyclic) bond motifs is 2. The predicted molar refractivity (Wildman–Crippen MR) is 277 cm³/mol. The van der Waals surface area contributed by atoms with Crippen molar-refractivity contribution in [1.82, 2.24) is 19.1 Å². The number of Topliss-reactive ketones (excluding diaryl/α,β-unsaturated/α-hetero) is 1. The standard InChI is InChI=1S/C28H26F2N2O4S.C26H22F2N2O3.CH5NO2S/c1-16-11-21(16)17-7-9-24-22(12-17)26(20-5-4-10-31-28(20)36-2)27(25(33)15-37(3,34)35)32(24)14-18-6-8-19(29)13-23(18)30;1-14-10-19(14)15-6-8-22-20(11-15)23(18-4-3-9-29-25(18)33-2)24(26(31)32)30(22)13-16-5-7-17(27)12-21(16)28;1-5(2,3)4/h4-10,12-13,16,21H,11,14-15H2,1-3H3;3-9,11-12,14,19H,10,13H2,1-2H3,(H,31,32);1H3,(H2,2,3,4)/t16-,21+;14-,19+;/m11./s1. The van der Waals surface area contributed by atoms with E-state index in [0.717, 1.165) is 60.1 Å². The van der Waals surface area contributed by atoms with Gasteiger partial charge in [0.2, 0.25) is 21.8 Å². The van der Waals surface area contributed by atoms with Gasteiger partial charge in [-0.05, 0) is 108 Å². The quantitative estimate of drug-likeness (QED) is 0.0775. The summed E-state index contributed by atoms with van der Waals surface area (Å²) in [6.45, 7) is 4.19. The summed E-state index contributed by atoms with van der Waals surface area (Å²) in [6, 6.07) is 25.3. The monoisotopic (exact) mass is 1070 g/mol. The summed E-state index contributed by atoms with van der Waals surface area (Å²) in [7, 11) is -3.90. The van der Waals surface area contributed by atoms with Gasteiger partial charge in [-0.3, -0.25) is 4.79 Å². The molecule has 0 unspecified atom stereocenters. The molecule has 0 spiro atoms. The third-order valence-electron chi connectivity index (χ3n) is 13.3. The van der Waals surface area contributed by atoms with Gasteiger partial charge in [0.25, 0.3) is 0 Å². The number of hydrogen-bond donors (Lipinski definition) is 2. The highest BCUT2D eigenvalue weighted by Crippen LogP contribution is 2.50. The van der Waals surface area contributed by atoms with Crippen LogP contribution in [0.25, 0.3) is 44.1 Å². The van der Waals surface area contributed by atoms with Crippen molar-refractivity contribution in [2.45, 2.75) is 51.6 Å². The first-order valence-corrected chi connectivity index (χ1v) is 27.6. The van der Waals surface area contributed by atoms with Crippen LogP contribution in [0.2, 0.25) is 0 Å². The Morgan fingerprint density at radius 3 is 1.41 bits per heavy atom. The number of pyridine rings is 2. The van der Waals surface area contributed by atoms with Gasteiger partial charge in [0.1, 0.15) is 34.7 Å². The highest BCUT2D eigenvalue weighted by atomic mass is 32.2. The van der Waals surface area contributed by atoms with E-state index >= 15 is 0 Å². The van der Waals surface area contributed by atoms with Gasteiger partial charge in [0.15, 0.2) is 15.6 Å². The first kappa shape index (κ1) is 53.9. The molecular formula is C55H53F4N5O9S2. The van der Waals surface area contributed by atoms with Crippen molar-refractivity contribution in [2.75, 3.05) is 32.5 Å². The lowest BCUT2D eigenvalue weighted by molar-refractivity contribution is 0.0686. The zero-order valence-electron chi connectivity index (χ0n) is 41.6. The van der Waals surface area contributed by atoms with Crippen molar-refractivity contribution in [2.24, 2.45) is 17.0 Å². The number of primary sulfonamides is 1. The Bertz CT molecular complexity index is 3760. The van der Waals surface area contributed by atoms with Crippen LogP contribution in [-0.4, -0.2) is 85.3 Å². The molecule has 20 heteroatoms. The number of aromatic carboxylic acids is 1. The summed E-state index contributed by atoms with van der Waals surface area (Å²) in [5.74, 6) is -2.88. The molecule has 10 rings (SSSR count). The number of methoxy groups -OCH3 is 2. The second-order valence-electron chi connectivity index (χ2n) is 19.0. The summed E-state index contributed by atoms with van der Waals surface area (Å²) in [5.41, 5.74) is 6.00. The summed E-state index contributed by atoms with van der Waals surface area (Å²) in [4.78, 5) is 34.7. The lowest BCUT2D eigenvalue weighted by atomic mass is 9.98. The molecule has 4 aromatic carbocycles. The fourth-order valence-electron chi connectivity index (χ4n) is 9.60. The number of nitrogens with zero attached hydrogens (tertiary/aromatic N) is 4. The van der Waals surface area contributed by atoms with E-state index in [1.165, 1.54) is 32.4 Å². The summed E-state index contributed by atoms with van der Waals surface area (Å²) in [5, 5.41) is 16.0.